The molecule has 0 aromatic heterocycles. The fraction of sp³-hybridized carbons (Fsp3) is 0.667. The van der Waals surface area contributed by atoms with E-state index in [4.69, 9.17) is 39.1 Å². The molecule has 0 saturated carbocycles. The van der Waals surface area contributed by atoms with E-state index in [1.807, 2.05) is 24.3 Å². The van der Waals surface area contributed by atoms with Gasteiger partial charge in [0.25, 0.3) is 0 Å². The molecule has 0 spiro atoms. The van der Waals surface area contributed by atoms with Gasteiger partial charge in [0.15, 0.2) is 6.29 Å². The summed E-state index contributed by atoms with van der Waals surface area (Å²) >= 11 is 0. The highest BCUT2D eigenvalue weighted by atomic mass is 16.7. The Balaban J connectivity index is 1.59. The SMILES string of the molecule is [N-]=[N+]=NCCOCCOc1ccc(C2OCC(COCCOCCO)O2)cc1. The molecule has 1 N–H and O–H groups in total. The predicted molar refractivity (Wildman–Crippen MR) is 99.1 cm³/mol. The van der Waals surface area contributed by atoms with Crippen molar-refractivity contribution in [2.24, 2.45) is 5.11 Å². The molecular formula is C18H27N3O7. The van der Waals surface area contributed by atoms with Gasteiger partial charge in [0.1, 0.15) is 18.5 Å². The molecule has 1 fully saturated rings. The molecule has 1 heterocycles. The van der Waals surface area contributed by atoms with Crippen molar-refractivity contribution in [1.29, 1.82) is 0 Å². The summed E-state index contributed by atoms with van der Waals surface area (Å²) in [5.74, 6) is 0.725. The van der Waals surface area contributed by atoms with Crippen LogP contribution >= 0.6 is 0 Å². The smallest absolute Gasteiger partial charge is 0.184 e. The Labute approximate surface area is 163 Å². The van der Waals surface area contributed by atoms with Gasteiger partial charge >= 0.3 is 0 Å². The van der Waals surface area contributed by atoms with Gasteiger partial charge in [-0.1, -0.05) is 17.2 Å². The second-order valence-corrected chi connectivity index (χ2v) is 5.82. The highest BCUT2D eigenvalue weighted by Gasteiger charge is 2.27. The van der Waals surface area contributed by atoms with E-state index in [1.165, 1.54) is 0 Å². The highest BCUT2D eigenvalue weighted by molar-refractivity contribution is 5.28. The number of rotatable bonds is 15. The van der Waals surface area contributed by atoms with Crippen LogP contribution in [-0.4, -0.2) is 77.2 Å². The predicted octanol–water partition coefficient (Wildman–Crippen LogP) is 1.83. The number of nitrogens with zero attached hydrogens (tertiary/aromatic N) is 3. The topological polar surface area (TPSA) is 124 Å². The Hall–Kier alpha value is -1.91. The Morgan fingerprint density at radius 2 is 1.79 bits per heavy atom. The van der Waals surface area contributed by atoms with Crippen LogP contribution in [0.3, 0.4) is 0 Å². The lowest BCUT2D eigenvalue weighted by Gasteiger charge is -2.13. The van der Waals surface area contributed by atoms with E-state index in [0.29, 0.717) is 59.4 Å². The molecule has 2 unspecified atom stereocenters. The quantitative estimate of drug-likeness (QED) is 0.207. The summed E-state index contributed by atoms with van der Waals surface area (Å²) in [6.45, 7) is 3.64. The van der Waals surface area contributed by atoms with E-state index in [-0.39, 0.29) is 12.7 Å². The average Bonchev–Trinajstić information content (AvgIpc) is 3.19. The number of hydrogen-bond acceptors (Lipinski definition) is 8. The average molecular weight is 397 g/mol. The van der Waals surface area contributed by atoms with Gasteiger partial charge < -0.3 is 33.5 Å². The van der Waals surface area contributed by atoms with Gasteiger partial charge in [0.05, 0.1) is 52.9 Å². The number of hydrogen-bond donors (Lipinski definition) is 1. The summed E-state index contributed by atoms with van der Waals surface area (Å²) in [6, 6.07) is 7.50. The van der Waals surface area contributed by atoms with Crippen LogP contribution in [0.2, 0.25) is 0 Å². The molecule has 1 aromatic rings. The Morgan fingerprint density at radius 3 is 2.57 bits per heavy atom. The van der Waals surface area contributed by atoms with Gasteiger partial charge in [0, 0.05) is 17.0 Å². The van der Waals surface area contributed by atoms with E-state index in [9.17, 15) is 0 Å². The van der Waals surface area contributed by atoms with Crippen LogP contribution in [-0.2, 0) is 23.7 Å². The minimum absolute atomic E-state index is 0.0116. The summed E-state index contributed by atoms with van der Waals surface area (Å²) in [6.07, 6.45) is -0.543. The second kappa shape index (κ2) is 14.1. The monoisotopic (exact) mass is 397 g/mol. The maximum Gasteiger partial charge on any atom is 0.184 e. The molecule has 0 radical (unpaired) electrons. The zero-order valence-electron chi connectivity index (χ0n) is 15.8. The first-order valence-corrected chi connectivity index (χ1v) is 9.18. The molecule has 0 bridgehead atoms. The van der Waals surface area contributed by atoms with Crippen molar-refractivity contribution >= 4 is 0 Å². The summed E-state index contributed by atoms with van der Waals surface area (Å²) in [7, 11) is 0. The van der Waals surface area contributed by atoms with E-state index < -0.39 is 6.29 Å². The summed E-state index contributed by atoms with van der Waals surface area (Å²) in [4.78, 5) is 2.65. The fourth-order valence-corrected chi connectivity index (χ4v) is 2.40. The van der Waals surface area contributed by atoms with Crippen LogP contribution in [0.4, 0.5) is 0 Å². The maximum atomic E-state index is 8.61. The molecule has 1 aliphatic heterocycles. The number of ether oxygens (including phenoxy) is 6. The summed E-state index contributed by atoms with van der Waals surface area (Å²) in [5, 5.41) is 12.0. The molecule has 2 atom stereocenters. The largest absolute Gasteiger partial charge is 0.491 e. The van der Waals surface area contributed by atoms with E-state index in [1.54, 1.807) is 0 Å². The van der Waals surface area contributed by atoms with Crippen LogP contribution in [0.1, 0.15) is 11.9 Å². The van der Waals surface area contributed by atoms with Crippen molar-refractivity contribution in [1.82, 2.24) is 0 Å². The third-order valence-corrected chi connectivity index (χ3v) is 3.71. The third kappa shape index (κ3) is 8.85. The summed E-state index contributed by atoms with van der Waals surface area (Å²) < 4.78 is 33.0. The zero-order chi connectivity index (χ0) is 19.9. The molecule has 2 rings (SSSR count). The Kier molecular flexibility index (Phi) is 11.3. The van der Waals surface area contributed by atoms with Gasteiger partial charge in [-0.25, -0.2) is 0 Å². The lowest BCUT2D eigenvalue weighted by Crippen LogP contribution is -2.19. The molecule has 0 amide bonds. The number of aliphatic hydroxyl groups is 1. The number of benzene rings is 1. The van der Waals surface area contributed by atoms with Gasteiger partial charge in [-0.3, -0.25) is 0 Å². The van der Waals surface area contributed by atoms with Crippen LogP contribution in [0, 0.1) is 0 Å². The number of azide groups is 1. The van der Waals surface area contributed by atoms with Crippen molar-refractivity contribution < 1.29 is 33.5 Å². The van der Waals surface area contributed by atoms with Crippen molar-refractivity contribution in [3.63, 3.8) is 0 Å². The van der Waals surface area contributed by atoms with Crippen molar-refractivity contribution in [2.45, 2.75) is 12.4 Å². The number of aliphatic hydroxyl groups excluding tert-OH is 1. The van der Waals surface area contributed by atoms with Crippen LogP contribution in [0.25, 0.3) is 10.4 Å². The van der Waals surface area contributed by atoms with Gasteiger partial charge in [-0.2, -0.15) is 0 Å². The molecule has 28 heavy (non-hydrogen) atoms. The van der Waals surface area contributed by atoms with E-state index >= 15 is 0 Å². The minimum atomic E-state index is -0.419. The fourth-order valence-electron chi connectivity index (χ4n) is 2.40. The molecular weight excluding hydrogens is 370 g/mol. The lowest BCUT2D eigenvalue weighted by molar-refractivity contribution is -0.0768. The standard InChI is InChI=1S/C18H27N3O7/c19-21-20-5-7-23-11-12-26-16-3-1-15(2-4-16)18-27-14-17(28-18)13-25-10-9-24-8-6-22/h1-4,17-18,22H,5-14H2. The molecule has 1 saturated heterocycles. The van der Waals surface area contributed by atoms with E-state index in [0.717, 1.165) is 11.3 Å². The molecule has 10 heteroatoms. The van der Waals surface area contributed by atoms with E-state index in [2.05, 4.69) is 10.0 Å². The highest BCUT2D eigenvalue weighted by Crippen LogP contribution is 2.28. The van der Waals surface area contributed by atoms with Crippen LogP contribution in [0.5, 0.6) is 5.75 Å². The molecule has 1 aliphatic rings. The molecule has 1 aromatic carbocycles. The first-order valence-electron chi connectivity index (χ1n) is 9.18. The van der Waals surface area contributed by atoms with Gasteiger partial charge in [-0.15, -0.1) is 0 Å². The first kappa shape index (κ1) is 22.4. The zero-order valence-corrected chi connectivity index (χ0v) is 15.8. The van der Waals surface area contributed by atoms with Crippen molar-refractivity contribution in [3.8, 4) is 5.75 Å². The van der Waals surface area contributed by atoms with Crippen molar-refractivity contribution in [3.05, 3.63) is 40.3 Å². The third-order valence-electron chi connectivity index (χ3n) is 3.71. The normalized spacial score (nSPS) is 18.8. The van der Waals surface area contributed by atoms with Gasteiger partial charge in [-0.05, 0) is 17.7 Å². The molecule has 0 aliphatic carbocycles. The maximum absolute atomic E-state index is 8.61. The molecule has 156 valence electrons. The van der Waals surface area contributed by atoms with Crippen LogP contribution in [0.15, 0.2) is 29.4 Å². The first-order chi connectivity index (χ1) is 13.8. The second-order valence-electron chi connectivity index (χ2n) is 5.82. The van der Waals surface area contributed by atoms with Crippen molar-refractivity contribution in [2.75, 3.05) is 66.0 Å². The van der Waals surface area contributed by atoms with Crippen LogP contribution < -0.4 is 4.74 Å². The minimum Gasteiger partial charge on any atom is -0.491 e. The summed E-state index contributed by atoms with van der Waals surface area (Å²) in [5.41, 5.74) is 9.06. The van der Waals surface area contributed by atoms with Gasteiger partial charge in [0.2, 0.25) is 0 Å². The Morgan fingerprint density at radius 1 is 1.04 bits per heavy atom. The Bertz CT molecular complexity index is 581. The lowest BCUT2D eigenvalue weighted by atomic mass is 10.2. The molecule has 10 nitrogen and oxygen atoms in total.